The number of nitrogen functional groups attached to an aromatic ring is 1. The molecule has 2 heterocycles. The van der Waals surface area contributed by atoms with Crippen molar-refractivity contribution in [3.05, 3.63) is 0 Å². The van der Waals surface area contributed by atoms with Crippen molar-refractivity contribution in [2.75, 3.05) is 38.3 Å². The predicted octanol–water partition coefficient (Wildman–Crippen LogP) is 0.957. The molecule has 0 aliphatic carbocycles. The number of ether oxygens (including phenoxy) is 1. The number of nitrogens with one attached hydrogen (secondary N) is 1. The van der Waals surface area contributed by atoms with Crippen LogP contribution < -0.4 is 11.1 Å². The van der Waals surface area contributed by atoms with Gasteiger partial charge in [0.2, 0.25) is 10.0 Å². The maximum Gasteiger partial charge on any atom is 0.249 e. The molecule has 0 amide bonds. The minimum Gasteiger partial charge on any atom is -0.382 e. The van der Waals surface area contributed by atoms with Gasteiger partial charge in [0.15, 0.2) is 10.7 Å². The Kier molecular flexibility index (Phi) is 4.84. The van der Waals surface area contributed by atoms with E-state index in [1.165, 1.54) is 14.1 Å². The van der Waals surface area contributed by atoms with E-state index in [0.717, 1.165) is 41.7 Å². The molecule has 114 valence electrons. The lowest BCUT2D eigenvalue weighted by atomic mass is 10.1. The van der Waals surface area contributed by atoms with Crippen molar-refractivity contribution in [3.8, 4) is 0 Å². The fourth-order valence-electron chi connectivity index (χ4n) is 2.01. The number of hydrogen-bond acceptors (Lipinski definition) is 7. The van der Waals surface area contributed by atoms with Gasteiger partial charge in [-0.25, -0.2) is 12.7 Å². The molecule has 1 aliphatic rings. The minimum absolute atomic E-state index is 0.0377. The van der Waals surface area contributed by atoms with Crippen LogP contribution in [0.3, 0.4) is 0 Å². The van der Waals surface area contributed by atoms with E-state index < -0.39 is 10.0 Å². The summed E-state index contributed by atoms with van der Waals surface area (Å²) >= 11 is 1.06. The first-order valence-corrected chi connectivity index (χ1v) is 8.67. The largest absolute Gasteiger partial charge is 0.382 e. The molecular weight excluding hydrogens is 300 g/mol. The highest BCUT2D eigenvalue weighted by molar-refractivity contribution is 7.89. The number of rotatable bonds is 5. The lowest BCUT2D eigenvalue weighted by Gasteiger charge is -2.23. The predicted molar refractivity (Wildman–Crippen MR) is 79.5 cm³/mol. The first-order valence-electron chi connectivity index (χ1n) is 6.46. The second-order valence-corrected chi connectivity index (χ2v) is 7.75. The molecule has 1 aromatic rings. The van der Waals surface area contributed by atoms with E-state index in [4.69, 9.17) is 10.5 Å². The number of aromatic nitrogens is 1. The van der Waals surface area contributed by atoms with Gasteiger partial charge in [0, 0.05) is 27.2 Å². The van der Waals surface area contributed by atoms with E-state index in [1.807, 2.05) is 0 Å². The lowest BCUT2D eigenvalue weighted by Crippen LogP contribution is -2.28. The topological polar surface area (TPSA) is 97.6 Å². The molecule has 0 aromatic carbocycles. The molecule has 1 aliphatic heterocycles. The number of nitrogens with two attached hydrogens (primary N) is 1. The average molecular weight is 320 g/mol. The molecule has 2 rings (SSSR count). The Hall–Kier alpha value is -0.900. The molecular formula is C11H20N4O3S2. The molecule has 0 saturated carbocycles. The monoisotopic (exact) mass is 320 g/mol. The van der Waals surface area contributed by atoms with E-state index in [2.05, 4.69) is 9.69 Å². The van der Waals surface area contributed by atoms with E-state index in [-0.39, 0.29) is 16.8 Å². The number of hydrogen-bond donors (Lipinski definition) is 2. The van der Waals surface area contributed by atoms with Crippen LogP contribution in [0.25, 0.3) is 0 Å². The van der Waals surface area contributed by atoms with Gasteiger partial charge in [-0.1, -0.05) is 0 Å². The molecule has 1 atom stereocenters. The fourth-order valence-corrected chi connectivity index (χ4v) is 4.10. The Morgan fingerprint density at radius 1 is 1.50 bits per heavy atom. The fraction of sp³-hybridized carbons (Fsp3) is 0.727. The Balaban J connectivity index is 2.13. The Morgan fingerprint density at radius 2 is 2.25 bits per heavy atom. The van der Waals surface area contributed by atoms with Crippen LogP contribution in [0.4, 0.5) is 10.8 Å². The van der Waals surface area contributed by atoms with Crippen LogP contribution in [0.15, 0.2) is 4.90 Å². The van der Waals surface area contributed by atoms with Gasteiger partial charge in [0.25, 0.3) is 0 Å². The van der Waals surface area contributed by atoms with Crippen LogP contribution >= 0.6 is 11.5 Å². The maximum atomic E-state index is 12.2. The summed E-state index contributed by atoms with van der Waals surface area (Å²) in [4.78, 5) is 0.0586. The van der Waals surface area contributed by atoms with Crippen LogP contribution in [0, 0.1) is 0 Å². The van der Waals surface area contributed by atoms with Crippen molar-refractivity contribution in [1.82, 2.24) is 8.68 Å². The Labute approximate surface area is 123 Å². The summed E-state index contributed by atoms with van der Waals surface area (Å²) in [6.45, 7) is 1.33. The summed E-state index contributed by atoms with van der Waals surface area (Å²) in [7, 11) is -0.650. The summed E-state index contributed by atoms with van der Waals surface area (Å²) in [5.74, 6) is 0.0377. The highest BCUT2D eigenvalue weighted by Gasteiger charge is 2.28. The first-order chi connectivity index (χ1) is 9.43. The molecule has 1 saturated heterocycles. The van der Waals surface area contributed by atoms with E-state index >= 15 is 0 Å². The molecule has 1 unspecified atom stereocenters. The third kappa shape index (κ3) is 3.22. The minimum atomic E-state index is -3.59. The number of sulfonamides is 1. The third-order valence-electron chi connectivity index (χ3n) is 3.18. The van der Waals surface area contributed by atoms with Gasteiger partial charge in [0.1, 0.15) is 5.00 Å². The SMILES string of the molecule is CN(C)S(=O)(=O)c1c(N)nsc1NCC1CCCCO1. The molecule has 1 aromatic heterocycles. The molecule has 7 nitrogen and oxygen atoms in total. The second kappa shape index (κ2) is 6.25. The normalized spacial score (nSPS) is 20.2. The van der Waals surface area contributed by atoms with Gasteiger partial charge in [-0.2, -0.15) is 4.37 Å². The van der Waals surface area contributed by atoms with Crippen LogP contribution in [-0.2, 0) is 14.8 Å². The standard InChI is InChI=1S/C11H20N4O3S2/c1-15(2)20(16,17)9-10(12)14-19-11(9)13-7-8-5-3-4-6-18-8/h8,13H,3-7H2,1-2H3,(H2,12,14). The van der Waals surface area contributed by atoms with E-state index in [0.29, 0.717) is 11.5 Å². The highest BCUT2D eigenvalue weighted by Crippen LogP contribution is 2.33. The zero-order chi connectivity index (χ0) is 14.8. The van der Waals surface area contributed by atoms with Crippen LogP contribution in [0.5, 0.6) is 0 Å². The Morgan fingerprint density at radius 3 is 2.85 bits per heavy atom. The molecule has 3 N–H and O–H groups in total. The number of nitrogens with zero attached hydrogens (tertiary/aromatic N) is 2. The van der Waals surface area contributed by atoms with Crippen molar-refractivity contribution in [2.45, 2.75) is 30.3 Å². The van der Waals surface area contributed by atoms with Gasteiger partial charge in [-0.15, -0.1) is 0 Å². The van der Waals surface area contributed by atoms with Crippen LogP contribution in [-0.4, -0.2) is 50.4 Å². The third-order valence-corrected chi connectivity index (χ3v) is 6.02. The van der Waals surface area contributed by atoms with Crippen molar-refractivity contribution in [2.24, 2.45) is 0 Å². The van der Waals surface area contributed by atoms with Crippen molar-refractivity contribution in [1.29, 1.82) is 0 Å². The summed E-state index contributed by atoms with van der Waals surface area (Å²) in [6, 6.07) is 0. The highest BCUT2D eigenvalue weighted by atomic mass is 32.2. The molecule has 0 spiro atoms. The molecule has 9 heteroatoms. The molecule has 0 radical (unpaired) electrons. The second-order valence-electron chi connectivity index (χ2n) is 4.88. The summed E-state index contributed by atoms with van der Waals surface area (Å²) in [5.41, 5.74) is 5.70. The maximum absolute atomic E-state index is 12.2. The smallest absolute Gasteiger partial charge is 0.249 e. The number of anilines is 2. The lowest BCUT2D eigenvalue weighted by molar-refractivity contribution is 0.0248. The molecule has 1 fully saturated rings. The van der Waals surface area contributed by atoms with Gasteiger partial charge >= 0.3 is 0 Å². The van der Waals surface area contributed by atoms with Crippen molar-refractivity contribution < 1.29 is 13.2 Å². The van der Waals surface area contributed by atoms with Gasteiger partial charge < -0.3 is 15.8 Å². The van der Waals surface area contributed by atoms with Crippen molar-refractivity contribution >= 4 is 32.4 Å². The Bertz CT molecular complexity index is 550. The first kappa shape index (κ1) is 15.5. The molecule has 20 heavy (non-hydrogen) atoms. The van der Waals surface area contributed by atoms with Crippen LogP contribution in [0.1, 0.15) is 19.3 Å². The average Bonchev–Trinajstić information content (AvgIpc) is 2.79. The summed E-state index contributed by atoms with van der Waals surface area (Å²) < 4.78 is 35.1. The zero-order valence-corrected chi connectivity index (χ0v) is 13.3. The van der Waals surface area contributed by atoms with Gasteiger partial charge in [0.05, 0.1) is 6.10 Å². The summed E-state index contributed by atoms with van der Waals surface area (Å²) in [5, 5.41) is 3.59. The van der Waals surface area contributed by atoms with Crippen molar-refractivity contribution in [3.63, 3.8) is 0 Å². The van der Waals surface area contributed by atoms with Crippen LogP contribution in [0.2, 0.25) is 0 Å². The summed E-state index contributed by atoms with van der Waals surface area (Å²) in [6.07, 6.45) is 3.32. The van der Waals surface area contributed by atoms with Gasteiger partial charge in [-0.05, 0) is 30.8 Å². The zero-order valence-electron chi connectivity index (χ0n) is 11.6. The van der Waals surface area contributed by atoms with E-state index in [9.17, 15) is 8.42 Å². The van der Waals surface area contributed by atoms with E-state index in [1.54, 1.807) is 0 Å². The van der Waals surface area contributed by atoms with Gasteiger partial charge in [-0.3, -0.25) is 0 Å². The molecule has 0 bridgehead atoms. The quantitative estimate of drug-likeness (QED) is 0.838.